The SMILES string of the molecule is COc1ccccc1-c1cc(C(C)(C)C)cc2nc(-c3ccccc3)oc12. The van der Waals surface area contributed by atoms with Gasteiger partial charge in [-0.25, -0.2) is 4.98 Å². The number of aromatic nitrogens is 1. The van der Waals surface area contributed by atoms with Crippen molar-refractivity contribution >= 4 is 11.1 Å². The van der Waals surface area contributed by atoms with E-state index in [2.05, 4.69) is 39.0 Å². The Hall–Kier alpha value is -3.07. The first-order valence-corrected chi connectivity index (χ1v) is 9.11. The molecule has 136 valence electrons. The highest BCUT2D eigenvalue weighted by Gasteiger charge is 2.21. The molecule has 27 heavy (non-hydrogen) atoms. The van der Waals surface area contributed by atoms with Crippen molar-refractivity contribution in [2.45, 2.75) is 26.2 Å². The zero-order valence-electron chi connectivity index (χ0n) is 16.1. The number of para-hydroxylation sites is 1. The lowest BCUT2D eigenvalue weighted by atomic mass is 9.85. The van der Waals surface area contributed by atoms with E-state index in [1.807, 2.05) is 48.5 Å². The summed E-state index contributed by atoms with van der Waals surface area (Å²) in [5.74, 6) is 1.45. The van der Waals surface area contributed by atoms with Crippen LogP contribution in [-0.4, -0.2) is 12.1 Å². The minimum absolute atomic E-state index is 0.00316. The van der Waals surface area contributed by atoms with Gasteiger partial charge in [-0.1, -0.05) is 57.2 Å². The zero-order chi connectivity index (χ0) is 19.0. The summed E-state index contributed by atoms with van der Waals surface area (Å²) >= 11 is 0. The fourth-order valence-corrected chi connectivity index (χ4v) is 3.24. The molecule has 3 aromatic carbocycles. The largest absolute Gasteiger partial charge is 0.496 e. The van der Waals surface area contributed by atoms with Crippen LogP contribution >= 0.6 is 0 Å². The van der Waals surface area contributed by atoms with Gasteiger partial charge in [-0.3, -0.25) is 0 Å². The summed E-state index contributed by atoms with van der Waals surface area (Å²) in [5, 5.41) is 0. The van der Waals surface area contributed by atoms with Crippen molar-refractivity contribution in [3.8, 4) is 28.3 Å². The number of ether oxygens (including phenoxy) is 1. The molecule has 0 aliphatic rings. The van der Waals surface area contributed by atoms with Crippen LogP contribution < -0.4 is 4.74 Å². The van der Waals surface area contributed by atoms with E-state index >= 15 is 0 Å². The Balaban J connectivity index is 2.02. The maximum Gasteiger partial charge on any atom is 0.227 e. The molecule has 3 heteroatoms. The van der Waals surface area contributed by atoms with Crippen molar-refractivity contribution in [3.63, 3.8) is 0 Å². The van der Waals surface area contributed by atoms with Crippen LogP contribution in [0.1, 0.15) is 26.3 Å². The van der Waals surface area contributed by atoms with Crippen molar-refractivity contribution in [2.24, 2.45) is 0 Å². The highest BCUT2D eigenvalue weighted by atomic mass is 16.5. The van der Waals surface area contributed by atoms with E-state index in [1.54, 1.807) is 7.11 Å². The lowest BCUT2D eigenvalue weighted by Gasteiger charge is -2.20. The highest BCUT2D eigenvalue weighted by Crippen LogP contribution is 2.39. The monoisotopic (exact) mass is 357 g/mol. The molecule has 1 heterocycles. The molecule has 0 spiro atoms. The molecule has 3 nitrogen and oxygen atoms in total. The minimum atomic E-state index is -0.00316. The molecule has 0 aliphatic heterocycles. The van der Waals surface area contributed by atoms with E-state index in [0.717, 1.165) is 33.5 Å². The van der Waals surface area contributed by atoms with Gasteiger partial charge in [0.15, 0.2) is 5.58 Å². The molecule has 0 bridgehead atoms. The van der Waals surface area contributed by atoms with Crippen LogP contribution in [0.4, 0.5) is 0 Å². The molecule has 0 fully saturated rings. The van der Waals surface area contributed by atoms with E-state index in [0.29, 0.717) is 5.89 Å². The van der Waals surface area contributed by atoms with Crippen LogP contribution in [0.5, 0.6) is 5.75 Å². The highest BCUT2D eigenvalue weighted by molar-refractivity contribution is 5.94. The van der Waals surface area contributed by atoms with E-state index in [4.69, 9.17) is 14.1 Å². The summed E-state index contributed by atoms with van der Waals surface area (Å²) < 4.78 is 11.8. The van der Waals surface area contributed by atoms with Crippen LogP contribution in [0, 0.1) is 0 Å². The van der Waals surface area contributed by atoms with E-state index < -0.39 is 0 Å². The third-order valence-electron chi connectivity index (χ3n) is 4.77. The standard InChI is InChI=1S/C24H23NO2/c1-24(2,3)17-14-19(18-12-8-9-13-21(18)26-4)22-20(15-17)25-23(27-22)16-10-6-5-7-11-16/h5-15H,1-4H3. The third-order valence-corrected chi connectivity index (χ3v) is 4.77. The lowest BCUT2D eigenvalue weighted by molar-refractivity contribution is 0.416. The van der Waals surface area contributed by atoms with Crippen LogP contribution in [0.2, 0.25) is 0 Å². The molecule has 4 rings (SSSR count). The number of hydrogen-bond donors (Lipinski definition) is 0. The van der Waals surface area contributed by atoms with Crippen LogP contribution in [-0.2, 0) is 5.41 Å². The molecule has 0 unspecified atom stereocenters. The predicted molar refractivity (Wildman–Crippen MR) is 110 cm³/mol. The fourth-order valence-electron chi connectivity index (χ4n) is 3.24. The smallest absolute Gasteiger partial charge is 0.227 e. The third kappa shape index (κ3) is 3.21. The Morgan fingerprint density at radius 3 is 2.26 bits per heavy atom. The van der Waals surface area contributed by atoms with E-state index in [9.17, 15) is 0 Å². The van der Waals surface area contributed by atoms with Gasteiger partial charge in [0.2, 0.25) is 5.89 Å². The average molecular weight is 357 g/mol. The Morgan fingerprint density at radius 1 is 0.852 bits per heavy atom. The minimum Gasteiger partial charge on any atom is -0.496 e. The van der Waals surface area contributed by atoms with Crippen molar-refractivity contribution in [1.29, 1.82) is 0 Å². The molecular weight excluding hydrogens is 334 g/mol. The summed E-state index contributed by atoms with van der Waals surface area (Å²) in [6.45, 7) is 6.62. The number of fused-ring (bicyclic) bond motifs is 1. The van der Waals surface area contributed by atoms with Crippen LogP contribution in [0.25, 0.3) is 33.7 Å². The van der Waals surface area contributed by atoms with Crippen molar-refractivity contribution in [3.05, 3.63) is 72.3 Å². The van der Waals surface area contributed by atoms with Crippen LogP contribution in [0.15, 0.2) is 71.1 Å². The van der Waals surface area contributed by atoms with Crippen molar-refractivity contribution < 1.29 is 9.15 Å². The Bertz CT molecular complexity index is 1090. The normalized spacial score (nSPS) is 11.7. The van der Waals surface area contributed by atoms with Gasteiger partial charge in [0.05, 0.1) is 7.11 Å². The first-order valence-electron chi connectivity index (χ1n) is 9.11. The predicted octanol–water partition coefficient (Wildman–Crippen LogP) is 6.47. The first kappa shape index (κ1) is 17.3. The molecule has 0 saturated heterocycles. The topological polar surface area (TPSA) is 35.3 Å². The van der Waals surface area contributed by atoms with Gasteiger partial charge >= 0.3 is 0 Å². The van der Waals surface area contributed by atoms with E-state index in [1.165, 1.54) is 5.56 Å². The van der Waals surface area contributed by atoms with Gasteiger partial charge in [-0.2, -0.15) is 0 Å². The summed E-state index contributed by atoms with van der Waals surface area (Å²) in [7, 11) is 1.69. The number of hydrogen-bond acceptors (Lipinski definition) is 3. The summed E-state index contributed by atoms with van der Waals surface area (Å²) in [5.41, 5.74) is 5.84. The number of benzene rings is 3. The van der Waals surface area contributed by atoms with Gasteiger partial charge in [-0.05, 0) is 41.3 Å². The van der Waals surface area contributed by atoms with Gasteiger partial charge in [0.25, 0.3) is 0 Å². The maximum atomic E-state index is 6.24. The number of oxazole rings is 1. The van der Waals surface area contributed by atoms with Gasteiger partial charge < -0.3 is 9.15 Å². The lowest BCUT2D eigenvalue weighted by Crippen LogP contribution is -2.11. The Morgan fingerprint density at radius 2 is 1.56 bits per heavy atom. The molecule has 0 atom stereocenters. The van der Waals surface area contributed by atoms with Gasteiger partial charge in [-0.15, -0.1) is 0 Å². The average Bonchev–Trinajstić information content (AvgIpc) is 3.11. The summed E-state index contributed by atoms with van der Waals surface area (Å²) in [4.78, 5) is 4.79. The number of nitrogens with zero attached hydrogens (tertiary/aromatic N) is 1. The van der Waals surface area contributed by atoms with E-state index in [-0.39, 0.29) is 5.41 Å². The maximum absolute atomic E-state index is 6.24. The summed E-state index contributed by atoms with van der Waals surface area (Å²) in [6, 6.07) is 22.3. The zero-order valence-corrected chi connectivity index (χ0v) is 16.1. The fraction of sp³-hybridized carbons (Fsp3) is 0.208. The van der Waals surface area contributed by atoms with Crippen molar-refractivity contribution in [2.75, 3.05) is 7.11 Å². The number of rotatable bonds is 3. The van der Waals surface area contributed by atoms with Gasteiger partial charge in [0.1, 0.15) is 11.3 Å². The molecule has 0 radical (unpaired) electrons. The molecule has 0 N–H and O–H groups in total. The second-order valence-electron chi connectivity index (χ2n) is 7.71. The second-order valence-corrected chi connectivity index (χ2v) is 7.71. The molecule has 0 saturated carbocycles. The molecule has 4 aromatic rings. The molecule has 0 amide bonds. The first-order chi connectivity index (χ1) is 13.0. The van der Waals surface area contributed by atoms with Crippen molar-refractivity contribution in [1.82, 2.24) is 4.98 Å². The molecular formula is C24H23NO2. The molecule has 0 aliphatic carbocycles. The quantitative estimate of drug-likeness (QED) is 0.421. The Labute approximate surface area is 159 Å². The summed E-state index contributed by atoms with van der Waals surface area (Å²) in [6.07, 6.45) is 0. The van der Waals surface area contributed by atoms with Gasteiger partial charge in [0, 0.05) is 16.7 Å². The van der Waals surface area contributed by atoms with Crippen LogP contribution in [0.3, 0.4) is 0 Å². The molecule has 1 aromatic heterocycles. The second kappa shape index (κ2) is 6.58. The Kier molecular flexibility index (Phi) is 4.23. The number of methoxy groups -OCH3 is 1.